The van der Waals surface area contributed by atoms with E-state index in [-0.39, 0.29) is 11.9 Å². The Morgan fingerprint density at radius 1 is 1.28 bits per heavy atom. The van der Waals surface area contributed by atoms with E-state index in [0.29, 0.717) is 35.1 Å². The number of morpholine rings is 1. The molecule has 1 saturated heterocycles. The Balaban J connectivity index is 1.49. The number of alkyl halides is 3. The Labute approximate surface area is 185 Å². The Kier molecular flexibility index (Phi) is 6.35. The third-order valence-corrected chi connectivity index (χ3v) is 6.48. The predicted molar refractivity (Wildman–Crippen MR) is 116 cm³/mol. The summed E-state index contributed by atoms with van der Waals surface area (Å²) in [4.78, 5) is 11.1. The lowest BCUT2D eigenvalue weighted by atomic mass is 10.0. The van der Waals surface area contributed by atoms with Crippen molar-refractivity contribution in [2.45, 2.75) is 45.1 Å². The molecule has 1 aromatic rings. The zero-order valence-electron chi connectivity index (χ0n) is 18.3. The summed E-state index contributed by atoms with van der Waals surface area (Å²) >= 11 is 0. The van der Waals surface area contributed by atoms with E-state index in [1.165, 1.54) is 6.20 Å². The summed E-state index contributed by atoms with van der Waals surface area (Å²) in [6.07, 6.45) is 0.525. The van der Waals surface area contributed by atoms with Crippen LogP contribution < -0.4 is 16.2 Å². The molecule has 2 saturated carbocycles. The van der Waals surface area contributed by atoms with Crippen LogP contribution in [0.2, 0.25) is 0 Å². The van der Waals surface area contributed by atoms with Gasteiger partial charge >= 0.3 is 6.36 Å². The van der Waals surface area contributed by atoms with Crippen molar-refractivity contribution >= 4 is 17.2 Å². The summed E-state index contributed by atoms with van der Waals surface area (Å²) in [6.45, 7) is 7.56. The molecule has 2 heterocycles. The van der Waals surface area contributed by atoms with Crippen molar-refractivity contribution in [3.8, 4) is 5.75 Å². The zero-order valence-corrected chi connectivity index (χ0v) is 18.3. The molecular weight excluding hydrogens is 423 g/mol. The second-order valence-corrected chi connectivity index (χ2v) is 9.03. The van der Waals surface area contributed by atoms with Crippen LogP contribution in [0.1, 0.15) is 32.3 Å². The summed E-state index contributed by atoms with van der Waals surface area (Å²) in [5.41, 5.74) is 13.3. The molecule has 0 bridgehead atoms. The maximum Gasteiger partial charge on any atom is 0.573 e. The second-order valence-electron chi connectivity index (χ2n) is 9.03. The molecule has 0 spiro atoms. The predicted octanol–water partition coefficient (Wildman–Crippen LogP) is 3.07. The third kappa shape index (κ3) is 5.17. The lowest BCUT2D eigenvalue weighted by Crippen LogP contribution is -2.43. The van der Waals surface area contributed by atoms with Crippen LogP contribution in [0.3, 0.4) is 0 Å². The molecule has 32 heavy (non-hydrogen) atoms. The fraction of sp³-hybridized carbons (Fsp3) is 0.636. The van der Waals surface area contributed by atoms with Crippen LogP contribution >= 0.6 is 0 Å². The smallest absolute Gasteiger partial charge is 0.402 e. The number of halogens is 3. The molecule has 4 rings (SSSR count). The molecule has 10 heteroatoms. The molecule has 3 fully saturated rings. The van der Waals surface area contributed by atoms with Gasteiger partial charge in [0, 0.05) is 54.3 Å². The van der Waals surface area contributed by atoms with Crippen LogP contribution in [0.25, 0.3) is 5.70 Å². The number of aromatic nitrogens is 1. The summed E-state index contributed by atoms with van der Waals surface area (Å²) in [7, 11) is 0. The lowest BCUT2D eigenvalue weighted by Gasteiger charge is -2.33. The summed E-state index contributed by atoms with van der Waals surface area (Å²) in [5.74, 6) is 0.558. The lowest BCUT2D eigenvalue weighted by molar-refractivity contribution is -0.274. The first kappa shape index (κ1) is 22.8. The Morgan fingerprint density at radius 3 is 2.53 bits per heavy atom. The Morgan fingerprint density at radius 2 is 1.94 bits per heavy atom. The first-order valence-corrected chi connectivity index (χ1v) is 11.0. The monoisotopic (exact) mass is 453 g/mol. The van der Waals surface area contributed by atoms with Gasteiger partial charge in [-0.25, -0.2) is 4.98 Å². The first-order chi connectivity index (χ1) is 15.1. The molecule has 1 aliphatic heterocycles. The molecule has 4 atom stereocenters. The average Bonchev–Trinajstić information content (AvgIpc) is 3.21. The number of rotatable bonds is 6. The molecular formula is C22H30F3N5O2. The molecule has 176 valence electrons. The van der Waals surface area contributed by atoms with Gasteiger partial charge in [-0.1, -0.05) is 0 Å². The second kappa shape index (κ2) is 8.90. The highest BCUT2D eigenvalue weighted by Crippen LogP contribution is 2.59. The summed E-state index contributed by atoms with van der Waals surface area (Å²) in [6, 6.07) is 1.84. The number of hydrogen-bond acceptors (Lipinski definition) is 7. The van der Waals surface area contributed by atoms with E-state index in [1.807, 2.05) is 13.8 Å². The topological polar surface area (TPSA) is 99.0 Å². The third-order valence-electron chi connectivity index (χ3n) is 6.48. The van der Waals surface area contributed by atoms with Gasteiger partial charge in [0.1, 0.15) is 0 Å². The fourth-order valence-corrected chi connectivity index (χ4v) is 5.07. The number of anilines is 1. The number of ether oxygens (including phenoxy) is 2. The number of nitrogen functional groups attached to an aromatic ring is 1. The van der Waals surface area contributed by atoms with Crippen LogP contribution in [0.15, 0.2) is 23.3 Å². The fourth-order valence-electron chi connectivity index (χ4n) is 5.07. The van der Waals surface area contributed by atoms with E-state index in [1.54, 1.807) is 6.08 Å². The molecule has 7 nitrogen and oxygen atoms in total. The number of hydrogen-bond donors (Lipinski definition) is 2. The molecule has 0 radical (unpaired) electrons. The standard InChI is InChI=1S/C22H30F3N5O2/c1-12(2)29-18(20-15-8-14(9-16(15)20)30-3-5-31-6-4-30)10-17(26)13-7-19(21(27)28-11-13)32-22(23,24)25/h7,10-12,14-16,20H,3-6,8-9,26H2,1-2H3,(H2,27,28)/t14?,15-,16+,20?. The van der Waals surface area contributed by atoms with E-state index in [4.69, 9.17) is 21.2 Å². The normalized spacial score (nSPS) is 29.3. The summed E-state index contributed by atoms with van der Waals surface area (Å²) in [5, 5.41) is 0. The molecule has 0 amide bonds. The summed E-state index contributed by atoms with van der Waals surface area (Å²) < 4.78 is 47.3. The SMILES string of the molecule is CC(C)N=C(C=C(N)c1cnc(N)c(OC(F)(F)F)c1)C1[C@H]2CC(N3CCOCC3)C[C@@H]12. The van der Waals surface area contributed by atoms with E-state index < -0.39 is 12.1 Å². The van der Waals surface area contributed by atoms with Crippen molar-refractivity contribution in [3.05, 3.63) is 23.9 Å². The van der Waals surface area contributed by atoms with Crippen molar-refractivity contribution in [2.75, 3.05) is 32.0 Å². The molecule has 4 N–H and O–H groups in total. The Hall–Kier alpha value is -2.33. The van der Waals surface area contributed by atoms with Crippen molar-refractivity contribution in [1.29, 1.82) is 0 Å². The highest BCUT2D eigenvalue weighted by atomic mass is 19.4. The molecule has 2 aliphatic carbocycles. The highest BCUT2D eigenvalue weighted by molar-refractivity contribution is 6.04. The minimum Gasteiger partial charge on any atom is -0.402 e. The number of aliphatic imine (C=N–C) groups is 1. The number of nitrogens with zero attached hydrogens (tertiary/aromatic N) is 3. The maximum absolute atomic E-state index is 12.6. The minimum atomic E-state index is -4.86. The van der Waals surface area contributed by atoms with Gasteiger partial charge in [-0.3, -0.25) is 9.89 Å². The zero-order chi connectivity index (χ0) is 23.0. The molecule has 2 unspecified atom stereocenters. The van der Waals surface area contributed by atoms with Crippen molar-refractivity contribution in [1.82, 2.24) is 9.88 Å². The number of nitrogens with two attached hydrogens (primary N) is 2. The number of pyridine rings is 1. The van der Waals surface area contributed by atoms with E-state index >= 15 is 0 Å². The minimum absolute atomic E-state index is 0.0825. The number of allylic oxidation sites excluding steroid dienone is 1. The van der Waals surface area contributed by atoms with Crippen molar-refractivity contribution < 1.29 is 22.6 Å². The van der Waals surface area contributed by atoms with Crippen LogP contribution in [-0.4, -0.2) is 60.3 Å². The van der Waals surface area contributed by atoms with Crippen LogP contribution in [-0.2, 0) is 4.74 Å². The quantitative estimate of drug-likeness (QED) is 0.643. The average molecular weight is 454 g/mol. The van der Waals surface area contributed by atoms with Crippen LogP contribution in [0.5, 0.6) is 5.75 Å². The molecule has 3 aliphatic rings. The highest BCUT2D eigenvalue weighted by Gasteiger charge is 2.58. The van der Waals surface area contributed by atoms with Gasteiger partial charge in [0.2, 0.25) is 0 Å². The van der Waals surface area contributed by atoms with Gasteiger partial charge in [0.05, 0.1) is 13.2 Å². The molecule has 0 aromatic carbocycles. The van der Waals surface area contributed by atoms with Gasteiger partial charge < -0.3 is 20.9 Å². The van der Waals surface area contributed by atoms with E-state index in [0.717, 1.165) is 50.9 Å². The van der Waals surface area contributed by atoms with Gasteiger partial charge in [-0.05, 0) is 50.7 Å². The first-order valence-electron chi connectivity index (χ1n) is 11.0. The Bertz CT molecular complexity index is 884. The van der Waals surface area contributed by atoms with Crippen LogP contribution in [0, 0.1) is 17.8 Å². The van der Waals surface area contributed by atoms with Crippen molar-refractivity contribution in [3.63, 3.8) is 0 Å². The van der Waals surface area contributed by atoms with Gasteiger partial charge in [-0.2, -0.15) is 0 Å². The largest absolute Gasteiger partial charge is 0.573 e. The van der Waals surface area contributed by atoms with Gasteiger partial charge in [0.15, 0.2) is 11.6 Å². The molecule has 1 aromatic heterocycles. The van der Waals surface area contributed by atoms with E-state index in [2.05, 4.69) is 14.6 Å². The maximum atomic E-state index is 12.6. The van der Waals surface area contributed by atoms with E-state index in [9.17, 15) is 13.2 Å². The van der Waals surface area contributed by atoms with Crippen LogP contribution in [0.4, 0.5) is 19.0 Å². The number of fused-ring (bicyclic) bond motifs is 1. The van der Waals surface area contributed by atoms with Crippen molar-refractivity contribution in [2.24, 2.45) is 28.5 Å². The van der Waals surface area contributed by atoms with Gasteiger partial charge in [-0.15, -0.1) is 13.2 Å². The van der Waals surface area contributed by atoms with Gasteiger partial charge in [0.25, 0.3) is 0 Å².